The molecule has 21 heavy (non-hydrogen) atoms. The van der Waals surface area contributed by atoms with Gasteiger partial charge in [0, 0.05) is 11.6 Å². The molecule has 0 aliphatic carbocycles. The lowest BCUT2D eigenvalue weighted by Gasteiger charge is -2.07. The highest BCUT2D eigenvalue weighted by Crippen LogP contribution is 2.16. The van der Waals surface area contributed by atoms with E-state index in [1.165, 1.54) is 31.4 Å². The lowest BCUT2D eigenvalue weighted by Crippen LogP contribution is -2.13. The van der Waals surface area contributed by atoms with Gasteiger partial charge in [0.15, 0.2) is 0 Å². The number of amides is 1. The highest BCUT2D eigenvalue weighted by molar-refractivity contribution is 6.04. The van der Waals surface area contributed by atoms with Crippen molar-refractivity contribution in [2.45, 2.75) is 0 Å². The van der Waals surface area contributed by atoms with Gasteiger partial charge in [-0.1, -0.05) is 0 Å². The molecule has 0 saturated heterocycles. The van der Waals surface area contributed by atoms with Gasteiger partial charge >= 0.3 is 5.97 Å². The van der Waals surface area contributed by atoms with Crippen LogP contribution in [0.2, 0.25) is 0 Å². The summed E-state index contributed by atoms with van der Waals surface area (Å²) in [5.41, 5.74) is 0.231. The third kappa shape index (κ3) is 3.42. The number of halogens is 2. The molecule has 0 unspecified atom stereocenters. The first-order chi connectivity index (χ1) is 10.0. The maximum atomic E-state index is 13.4. The second-order valence-corrected chi connectivity index (χ2v) is 4.15. The van der Waals surface area contributed by atoms with Crippen LogP contribution in [-0.4, -0.2) is 19.0 Å². The lowest BCUT2D eigenvalue weighted by molar-refractivity contribution is 0.0600. The number of benzene rings is 2. The lowest BCUT2D eigenvalue weighted by atomic mass is 10.1. The van der Waals surface area contributed by atoms with Crippen molar-refractivity contribution < 1.29 is 23.1 Å². The Morgan fingerprint density at radius 2 is 1.62 bits per heavy atom. The molecule has 4 nitrogen and oxygen atoms in total. The molecule has 0 radical (unpaired) electrons. The summed E-state index contributed by atoms with van der Waals surface area (Å²) in [6.45, 7) is 0. The fourth-order valence-corrected chi connectivity index (χ4v) is 1.66. The third-order valence-corrected chi connectivity index (χ3v) is 2.74. The predicted octanol–water partition coefficient (Wildman–Crippen LogP) is 3.00. The second-order valence-electron chi connectivity index (χ2n) is 4.15. The van der Waals surface area contributed by atoms with Gasteiger partial charge < -0.3 is 10.1 Å². The molecule has 2 aromatic carbocycles. The summed E-state index contributed by atoms with van der Waals surface area (Å²) in [5.74, 6) is -2.54. The minimum atomic E-state index is -0.740. The van der Waals surface area contributed by atoms with Gasteiger partial charge in [-0.25, -0.2) is 13.6 Å². The normalized spacial score (nSPS) is 10.0. The average Bonchev–Trinajstić information content (AvgIpc) is 2.50. The molecule has 0 aliphatic rings. The molecular formula is C15H11F2NO3. The Bertz CT molecular complexity index is 684. The van der Waals surface area contributed by atoms with Crippen molar-refractivity contribution in [1.82, 2.24) is 0 Å². The molecule has 1 N–H and O–H groups in total. The Labute approximate surface area is 119 Å². The molecule has 0 saturated carbocycles. The number of carbonyl (C=O) groups is 2. The van der Waals surface area contributed by atoms with E-state index in [9.17, 15) is 18.4 Å². The molecular weight excluding hydrogens is 280 g/mol. The van der Waals surface area contributed by atoms with E-state index < -0.39 is 23.5 Å². The smallest absolute Gasteiger partial charge is 0.337 e. The van der Waals surface area contributed by atoms with E-state index in [4.69, 9.17) is 0 Å². The van der Waals surface area contributed by atoms with Crippen LogP contribution in [0.5, 0.6) is 0 Å². The number of hydrogen-bond donors (Lipinski definition) is 1. The quantitative estimate of drug-likeness (QED) is 0.884. The summed E-state index contributed by atoms with van der Waals surface area (Å²) in [4.78, 5) is 23.2. The van der Waals surface area contributed by atoms with Crippen molar-refractivity contribution in [2.24, 2.45) is 0 Å². The van der Waals surface area contributed by atoms with Crippen molar-refractivity contribution in [1.29, 1.82) is 0 Å². The van der Waals surface area contributed by atoms with Gasteiger partial charge in [-0.2, -0.15) is 0 Å². The zero-order chi connectivity index (χ0) is 15.4. The van der Waals surface area contributed by atoms with Gasteiger partial charge in [0.25, 0.3) is 5.91 Å². The molecule has 0 fully saturated rings. The van der Waals surface area contributed by atoms with E-state index in [-0.39, 0.29) is 16.8 Å². The van der Waals surface area contributed by atoms with Crippen LogP contribution in [0.4, 0.5) is 14.5 Å². The molecule has 0 bridgehead atoms. The van der Waals surface area contributed by atoms with Crippen molar-refractivity contribution >= 4 is 17.6 Å². The monoisotopic (exact) mass is 291 g/mol. The molecule has 0 aromatic heterocycles. The second kappa shape index (κ2) is 6.13. The summed E-state index contributed by atoms with van der Waals surface area (Å²) < 4.78 is 31.0. The highest BCUT2D eigenvalue weighted by Gasteiger charge is 2.11. The molecule has 0 heterocycles. The number of hydrogen-bond acceptors (Lipinski definition) is 3. The molecule has 6 heteroatoms. The minimum absolute atomic E-state index is 0.200. The van der Waals surface area contributed by atoms with Gasteiger partial charge in [0.1, 0.15) is 11.6 Å². The summed E-state index contributed by atoms with van der Waals surface area (Å²) in [7, 11) is 1.25. The number of methoxy groups -OCH3 is 1. The van der Waals surface area contributed by atoms with E-state index in [1.54, 1.807) is 0 Å². The molecule has 0 atom stereocenters. The van der Waals surface area contributed by atoms with Crippen LogP contribution in [0.25, 0.3) is 0 Å². The number of rotatable bonds is 3. The maximum absolute atomic E-state index is 13.4. The summed E-state index contributed by atoms with van der Waals surface area (Å²) in [5, 5.41) is 2.26. The van der Waals surface area contributed by atoms with E-state index in [1.807, 2.05) is 0 Å². The molecule has 2 aromatic rings. The van der Waals surface area contributed by atoms with Crippen molar-refractivity contribution in [2.75, 3.05) is 12.4 Å². The Kier molecular flexibility index (Phi) is 4.27. The predicted molar refractivity (Wildman–Crippen MR) is 72.1 cm³/mol. The Morgan fingerprint density at radius 3 is 2.24 bits per heavy atom. The fraction of sp³-hybridized carbons (Fsp3) is 0.0667. The van der Waals surface area contributed by atoms with Crippen LogP contribution in [0.3, 0.4) is 0 Å². The van der Waals surface area contributed by atoms with Crippen molar-refractivity contribution in [3.63, 3.8) is 0 Å². The maximum Gasteiger partial charge on any atom is 0.337 e. The Morgan fingerprint density at radius 1 is 1.00 bits per heavy atom. The van der Waals surface area contributed by atoms with Crippen LogP contribution < -0.4 is 5.32 Å². The first-order valence-corrected chi connectivity index (χ1v) is 5.96. The van der Waals surface area contributed by atoms with E-state index in [0.717, 1.165) is 18.2 Å². The number of esters is 1. The van der Waals surface area contributed by atoms with Crippen LogP contribution in [0.1, 0.15) is 20.7 Å². The number of nitrogens with one attached hydrogen (secondary N) is 1. The minimum Gasteiger partial charge on any atom is -0.465 e. The SMILES string of the molecule is COC(=O)c1ccc(C(=O)Nc2cc(F)ccc2F)cc1. The first kappa shape index (κ1) is 14.6. The largest absolute Gasteiger partial charge is 0.465 e. The summed E-state index contributed by atoms with van der Waals surface area (Å²) in [6.07, 6.45) is 0. The van der Waals surface area contributed by atoms with Crippen LogP contribution in [0, 0.1) is 11.6 Å². The van der Waals surface area contributed by atoms with Crippen molar-refractivity contribution in [3.8, 4) is 0 Å². The van der Waals surface area contributed by atoms with E-state index >= 15 is 0 Å². The molecule has 108 valence electrons. The average molecular weight is 291 g/mol. The van der Waals surface area contributed by atoms with Gasteiger partial charge in [-0.3, -0.25) is 4.79 Å². The summed E-state index contributed by atoms with van der Waals surface area (Å²) in [6, 6.07) is 8.35. The van der Waals surface area contributed by atoms with Gasteiger partial charge in [0.05, 0.1) is 18.4 Å². The van der Waals surface area contributed by atoms with E-state index in [2.05, 4.69) is 10.1 Å². The van der Waals surface area contributed by atoms with Crippen molar-refractivity contribution in [3.05, 3.63) is 65.2 Å². The summed E-state index contributed by atoms with van der Waals surface area (Å²) >= 11 is 0. The zero-order valence-electron chi connectivity index (χ0n) is 11.0. The highest BCUT2D eigenvalue weighted by atomic mass is 19.1. The molecule has 0 aliphatic heterocycles. The Balaban J connectivity index is 2.17. The third-order valence-electron chi connectivity index (χ3n) is 2.74. The molecule has 0 spiro atoms. The fourth-order valence-electron chi connectivity index (χ4n) is 1.66. The number of carbonyl (C=O) groups excluding carboxylic acids is 2. The number of anilines is 1. The Hall–Kier alpha value is -2.76. The van der Waals surface area contributed by atoms with Gasteiger partial charge in [-0.05, 0) is 36.4 Å². The van der Waals surface area contributed by atoms with Crippen LogP contribution >= 0.6 is 0 Å². The standard InChI is InChI=1S/C15H11F2NO3/c1-21-15(20)10-4-2-9(3-5-10)14(19)18-13-8-11(16)6-7-12(13)17/h2-8H,1H3,(H,18,19). The zero-order valence-corrected chi connectivity index (χ0v) is 11.0. The first-order valence-electron chi connectivity index (χ1n) is 5.96. The van der Waals surface area contributed by atoms with Crippen LogP contribution in [0.15, 0.2) is 42.5 Å². The number of ether oxygens (including phenoxy) is 1. The van der Waals surface area contributed by atoms with Gasteiger partial charge in [0.2, 0.25) is 0 Å². The molecule has 2 rings (SSSR count). The van der Waals surface area contributed by atoms with Gasteiger partial charge in [-0.15, -0.1) is 0 Å². The van der Waals surface area contributed by atoms with E-state index in [0.29, 0.717) is 0 Å². The van der Waals surface area contributed by atoms with Crippen LogP contribution in [-0.2, 0) is 4.74 Å². The topological polar surface area (TPSA) is 55.4 Å². The molecule has 1 amide bonds.